The molecule has 0 unspecified atom stereocenters. The molecule has 2 aromatic heterocycles. The number of anilines is 1. The van der Waals surface area contributed by atoms with E-state index in [2.05, 4.69) is 40.3 Å². The fraction of sp³-hybridized carbons (Fsp3) is 0.621. The van der Waals surface area contributed by atoms with Crippen molar-refractivity contribution < 1.29 is 9.84 Å². The second kappa shape index (κ2) is 10.7. The summed E-state index contributed by atoms with van der Waals surface area (Å²) in [5.41, 5.74) is 1.89. The molecule has 6 rings (SSSR count). The van der Waals surface area contributed by atoms with E-state index in [0.717, 1.165) is 80.2 Å². The number of hydrogen-bond donors (Lipinski definition) is 2. The lowest BCUT2D eigenvalue weighted by Crippen LogP contribution is -2.36. The lowest BCUT2D eigenvalue weighted by molar-refractivity contribution is 0.0125. The summed E-state index contributed by atoms with van der Waals surface area (Å²) in [5, 5.41) is 16.1. The van der Waals surface area contributed by atoms with E-state index in [-0.39, 0.29) is 17.7 Å². The molecule has 198 valence electrons. The monoisotopic (exact) mass is 505 g/mol. The van der Waals surface area contributed by atoms with Gasteiger partial charge in [0.15, 0.2) is 0 Å². The van der Waals surface area contributed by atoms with Gasteiger partial charge in [-0.05, 0) is 81.2 Å². The summed E-state index contributed by atoms with van der Waals surface area (Å²) in [5.74, 6) is 1.30. The molecule has 8 nitrogen and oxygen atoms in total. The van der Waals surface area contributed by atoms with Crippen molar-refractivity contribution in [3.05, 3.63) is 40.3 Å². The summed E-state index contributed by atoms with van der Waals surface area (Å²) < 4.78 is 7.72. The average Bonchev–Trinajstić information content (AvgIpc) is 3.75. The van der Waals surface area contributed by atoms with Gasteiger partial charge in [-0.15, -0.1) is 0 Å². The molecule has 1 aliphatic heterocycles. The molecule has 2 aliphatic carbocycles. The minimum Gasteiger partial charge on any atom is -0.393 e. The molecule has 3 aromatic rings. The van der Waals surface area contributed by atoms with Crippen molar-refractivity contribution in [1.82, 2.24) is 19.4 Å². The molecule has 0 radical (unpaired) electrons. The van der Waals surface area contributed by atoms with Crippen LogP contribution in [0.25, 0.3) is 21.8 Å². The van der Waals surface area contributed by atoms with Gasteiger partial charge in [0, 0.05) is 55.8 Å². The Morgan fingerprint density at radius 2 is 1.81 bits per heavy atom. The number of rotatable bonds is 8. The third-order valence-electron chi connectivity index (χ3n) is 8.44. The Bertz CT molecular complexity index is 1300. The maximum Gasteiger partial charge on any atom is 0.260 e. The minimum atomic E-state index is -0.275. The van der Waals surface area contributed by atoms with Crippen LogP contribution in [0.5, 0.6) is 0 Å². The molecular formula is C29H39N5O3. The highest BCUT2D eigenvalue weighted by Gasteiger charge is 2.26. The molecule has 3 fully saturated rings. The Morgan fingerprint density at radius 3 is 2.54 bits per heavy atom. The van der Waals surface area contributed by atoms with Crippen molar-refractivity contribution in [2.24, 2.45) is 5.92 Å². The topological polar surface area (TPSA) is 92.5 Å². The van der Waals surface area contributed by atoms with Gasteiger partial charge < -0.3 is 15.2 Å². The number of benzene rings is 1. The molecule has 0 spiro atoms. The Labute approximate surface area is 218 Å². The summed E-state index contributed by atoms with van der Waals surface area (Å²) in [6.07, 6.45) is 9.60. The molecule has 1 saturated heterocycles. The Kier molecular flexibility index (Phi) is 7.14. The minimum absolute atomic E-state index is 0.0210. The molecule has 1 aromatic carbocycles. The van der Waals surface area contributed by atoms with Crippen molar-refractivity contribution in [3.8, 4) is 0 Å². The number of pyridine rings is 1. The molecule has 0 amide bonds. The molecular weight excluding hydrogens is 466 g/mol. The predicted octanol–water partition coefficient (Wildman–Crippen LogP) is 4.24. The Balaban J connectivity index is 1.35. The van der Waals surface area contributed by atoms with Gasteiger partial charge in [-0.25, -0.2) is 4.98 Å². The van der Waals surface area contributed by atoms with Crippen LogP contribution >= 0.6 is 0 Å². The van der Waals surface area contributed by atoms with Gasteiger partial charge in [0.25, 0.3) is 5.56 Å². The largest absolute Gasteiger partial charge is 0.393 e. The van der Waals surface area contributed by atoms with E-state index in [4.69, 9.17) is 9.72 Å². The fourth-order valence-electron chi connectivity index (χ4n) is 6.10. The highest BCUT2D eigenvalue weighted by atomic mass is 16.5. The van der Waals surface area contributed by atoms with Crippen molar-refractivity contribution in [3.63, 3.8) is 0 Å². The maximum absolute atomic E-state index is 14.1. The molecule has 3 heterocycles. The van der Waals surface area contributed by atoms with Gasteiger partial charge in [0.2, 0.25) is 5.95 Å². The number of nitrogens with zero attached hydrogens (tertiary/aromatic N) is 4. The number of fused-ring (bicyclic) bond motifs is 3. The summed E-state index contributed by atoms with van der Waals surface area (Å²) in [6, 6.07) is 6.35. The third kappa shape index (κ3) is 5.38. The van der Waals surface area contributed by atoms with Gasteiger partial charge in [-0.2, -0.15) is 4.98 Å². The normalized spacial score (nSPS) is 23.6. The number of nitrogens with one attached hydrogen (secondary N) is 1. The third-order valence-corrected chi connectivity index (χ3v) is 8.44. The lowest BCUT2D eigenvalue weighted by Gasteiger charge is -2.31. The van der Waals surface area contributed by atoms with Crippen LogP contribution in [0.2, 0.25) is 0 Å². The Hall–Kier alpha value is -2.55. The quantitative estimate of drug-likeness (QED) is 0.442. The first kappa shape index (κ1) is 24.8. The number of aromatic nitrogens is 3. The first-order valence-corrected chi connectivity index (χ1v) is 14.2. The molecule has 3 aliphatic rings. The maximum atomic E-state index is 14.1. The van der Waals surface area contributed by atoms with Crippen LogP contribution in [-0.4, -0.2) is 63.0 Å². The van der Waals surface area contributed by atoms with Crippen molar-refractivity contribution in [1.29, 1.82) is 0 Å². The van der Waals surface area contributed by atoms with Crippen LogP contribution in [0.1, 0.15) is 69.9 Å². The summed E-state index contributed by atoms with van der Waals surface area (Å²) in [4.78, 5) is 26.0. The van der Waals surface area contributed by atoms with E-state index >= 15 is 0 Å². The van der Waals surface area contributed by atoms with E-state index < -0.39 is 0 Å². The molecule has 0 bridgehead atoms. The van der Waals surface area contributed by atoms with Crippen LogP contribution in [0.4, 0.5) is 5.95 Å². The van der Waals surface area contributed by atoms with E-state index in [0.29, 0.717) is 36.5 Å². The van der Waals surface area contributed by atoms with Crippen LogP contribution in [0.15, 0.2) is 29.2 Å². The molecule has 0 atom stereocenters. The molecule has 2 N–H and O–H groups in total. The molecule has 8 heteroatoms. The van der Waals surface area contributed by atoms with Crippen molar-refractivity contribution >= 4 is 27.8 Å². The lowest BCUT2D eigenvalue weighted by atomic mass is 9.92. The summed E-state index contributed by atoms with van der Waals surface area (Å²) in [7, 11) is 0. The van der Waals surface area contributed by atoms with Gasteiger partial charge in [0.05, 0.1) is 12.2 Å². The number of ether oxygens (including phenoxy) is 1. The van der Waals surface area contributed by atoms with E-state index in [1.54, 1.807) is 0 Å². The number of hydrogen-bond acceptors (Lipinski definition) is 7. The summed E-state index contributed by atoms with van der Waals surface area (Å²) in [6.45, 7) is 6.58. The van der Waals surface area contributed by atoms with Crippen LogP contribution in [0, 0.1) is 5.92 Å². The van der Waals surface area contributed by atoms with E-state index in [1.807, 2.05) is 10.8 Å². The summed E-state index contributed by atoms with van der Waals surface area (Å²) >= 11 is 0. The number of piperidine rings is 1. The number of aliphatic hydroxyl groups is 1. The van der Waals surface area contributed by atoms with Crippen LogP contribution < -0.4 is 10.9 Å². The second-order valence-electron chi connectivity index (χ2n) is 11.2. The predicted molar refractivity (Wildman–Crippen MR) is 146 cm³/mol. The zero-order chi connectivity index (χ0) is 25.4. The van der Waals surface area contributed by atoms with Crippen molar-refractivity contribution in [2.75, 3.05) is 31.6 Å². The SMILES string of the molecule is CCOC1CCN(Cc2ccc3c(c2)c(=O)n(C2CCC(O)CC2)c2nc(NCC4CC4)ncc32)CC1. The zero-order valence-corrected chi connectivity index (χ0v) is 21.9. The highest BCUT2D eigenvalue weighted by Crippen LogP contribution is 2.33. The Morgan fingerprint density at radius 1 is 1.03 bits per heavy atom. The number of aliphatic hydroxyl groups excluding tert-OH is 1. The van der Waals surface area contributed by atoms with Gasteiger partial charge in [0.1, 0.15) is 5.65 Å². The smallest absolute Gasteiger partial charge is 0.260 e. The van der Waals surface area contributed by atoms with Gasteiger partial charge >= 0.3 is 0 Å². The first-order valence-electron chi connectivity index (χ1n) is 14.2. The molecule has 2 saturated carbocycles. The average molecular weight is 506 g/mol. The van der Waals surface area contributed by atoms with Gasteiger partial charge in [-0.1, -0.05) is 12.1 Å². The molecule has 37 heavy (non-hydrogen) atoms. The number of likely N-dealkylation sites (tertiary alicyclic amines) is 1. The zero-order valence-electron chi connectivity index (χ0n) is 21.9. The standard InChI is InChI=1S/C29H39N5O3/c1-2-37-23-11-13-33(14-12-23)18-20-5-10-24-25(15-20)28(36)34(21-6-8-22(35)9-7-21)27-26(24)17-31-29(32-27)30-16-19-3-4-19/h5,10,15,17,19,21-23,35H,2-4,6-9,11-14,16,18H2,1H3,(H,30,31,32). The van der Waals surface area contributed by atoms with Crippen LogP contribution in [0.3, 0.4) is 0 Å². The van der Waals surface area contributed by atoms with E-state index in [9.17, 15) is 9.90 Å². The first-order chi connectivity index (χ1) is 18.1. The van der Waals surface area contributed by atoms with Gasteiger partial charge in [-0.3, -0.25) is 14.3 Å². The van der Waals surface area contributed by atoms with Crippen molar-refractivity contribution in [2.45, 2.75) is 83.1 Å². The highest BCUT2D eigenvalue weighted by molar-refractivity contribution is 6.04. The van der Waals surface area contributed by atoms with E-state index in [1.165, 1.54) is 12.8 Å². The second-order valence-corrected chi connectivity index (χ2v) is 11.2. The fourth-order valence-corrected chi connectivity index (χ4v) is 6.10. The van der Waals surface area contributed by atoms with Crippen LogP contribution in [-0.2, 0) is 11.3 Å².